The normalized spacial score (nSPS) is 9.00. The molecule has 0 radical (unpaired) electrons. The van der Waals surface area contributed by atoms with Crippen LogP contribution >= 0.6 is 0 Å². The standard InChI is InChI=1S/C11H13NO2/c1-14-10-6-5-9(11(13)8-10)4-2-3-7-12/h5-6,8,13H,3,7,12H2,1H3. The van der Waals surface area contributed by atoms with Gasteiger partial charge in [-0.05, 0) is 12.1 Å². The summed E-state index contributed by atoms with van der Waals surface area (Å²) < 4.78 is 4.95. The molecule has 0 aliphatic rings. The Labute approximate surface area is 83.5 Å². The molecular formula is C11H13NO2. The third-order valence-electron chi connectivity index (χ3n) is 1.70. The molecule has 0 heterocycles. The molecule has 0 atom stereocenters. The van der Waals surface area contributed by atoms with Gasteiger partial charge in [-0.25, -0.2) is 0 Å². The summed E-state index contributed by atoms with van der Waals surface area (Å²) in [5.74, 6) is 6.43. The van der Waals surface area contributed by atoms with Gasteiger partial charge in [-0.15, -0.1) is 0 Å². The molecule has 0 fully saturated rings. The molecule has 0 bridgehead atoms. The Morgan fingerprint density at radius 2 is 2.29 bits per heavy atom. The van der Waals surface area contributed by atoms with Crippen LogP contribution in [-0.2, 0) is 0 Å². The van der Waals surface area contributed by atoms with Crippen molar-refractivity contribution in [1.29, 1.82) is 0 Å². The fraction of sp³-hybridized carbons (Fsp3) is 0.273. The lowest BCUT2D eigenvalue weighted by Crippen LogP contribution is -1.95. The summed E-state index contributed by atoms with van der Waals surface area (Å²) in [6.45, 7) is 0.532. The number of methoxy groups -OCH3 is 1. The molecule has 0 aromatic heterocycles. The van der Waals surface area contributed by atoms with E-state index in [0.717, 1.165) is 0 Å². The van der Waals surface area contributed by atoms with Crippen molar-refractivity contribution in [3.8, 4) is 23.3 Å². The predicted molar refractivity (Wildman–Crippen MR) is 55.2 cm³/mol. The van der Waals surface area contributed by atoms with Gasteiger partial charge in [0.05, 0.1) is 12.7 Å². The lowest BCUT2D eigenvalue weighted by atomic mass is 10.2. The first kappa shape index (κ1) is 10.4. The summed E-state index contributed by atoms with van der Waals surface area (Å²) in [7, 11) is 1.55. The lowest BCUT2D eigenvalue weighted by Gasteiger charge is -2.01. The second-order valence-corrected chi connectivity index (χ2v) is 2.72. The van der Waals surface area contributed by atoms with Crippen molar-refractivity contribution >= 4 is 0 Å². The summed E-state index contributed by atoms with van der Waals surface area (Å²) in [6.07, 6.45) is 0.630. The quantitative estimate of drug-likeness (QED) is 0.688. The minimum absolute atomic E-state index is 0.133. The lowest BCUT2D eigenvalue weighted by molar-refractivity contribution is 0.407. The van der Waals surface area contributed by atoms with E-state index in [1.54, 1.807) is 19.2 Å². The zero-order valence-electron chi connectivity index (χ0n) is 8.08. The molecule has 0 aliphatic heterocycles. The maximum atomic E-state index is 9.51. The van der Waals surface area contributed by atoms with Crippen molar-refractivity contribution in [2.75, 3.05) is 13.7 Å². The van der Waals surface area contributed by atoms with Crippen LogP contribution < -0.4 is 10.5 Å². The van der Waals surface area contributed by atoms with Gasteiger partial charge in [0.1, 0.15) is 11.5 Å². The van der Waals surface area contributed by atoms with Crippen molar-refractivity contribution in [2.24, 2.45) is 5.73 Å². The van der Waals surface area contributed by atoms with E-state index in [2.05, 4.69) is 11.8 Å². The number of hydrogen-bond acceptors (Lipinski definition) is 3. The predicted octanol–water partition coefficient (Wildman–Crippen LogP) is 1.10. The van der Waals surface area contributed by atoms with Crippen molar-refractivity contribution < 1.29 is 9.84 Å². The summed E-state index contributed by atoms with van der Waals surface area (Å²) >= 11 is 0. The Hall–Kier alpha value is -1.66. The Bertz CT molecular complexity index is 363. The molecule has 74 valence electrons. The van der Waals surface area contributed by atoms with Gasteiger partial charge in [0.15, 0.2) is 0 Å². The molecule has 0 amide bonds. The van der Waals surface area contributed by atoms with Crippen molar-refractivity contribution in [2.45, 2.75) is 6.42 Å². The van der Waals surface area contributed by atoms with E-state index in [1.807, 2.05) is 0 Å². The summed E-state index contributed by atoms with van der Waals surface area (Å²) in [4.78, 5) is 0. The monoisotopic (exact) mass is 191 g/mol. The fourth-order valence-electron chi connectivity index (χ4n) is 0.974. The molecule has 0 saturated carbocycles. The van der Waals surface area contributed by atoms with Crippen LogP contribution in [0.4, 0.5) is 0 Å². The van der Waals surface area contributed by atoms with E-state index in [0.29, 0.717) is 24.3 Å². The number of hydrogen-bond donors (Lipinski definition) is 2. The van der Waals surface area contributed by atoms with Crippen LogP contribution in [-0.4, -0.2) is 18.8 Å². The second kappa shape index (κ2) is 5.15. The van der Waals surface area contributed by atoms with Crippen LogP contribution in [0.25, 0.3) is 0 Å². The van der Waals surface area contributed by atoms with E-state index in [9.17, 15) is 5.11 Å². The van der Waals surface area contributed by atoms with Gasteiger partial charge in [-0.1, -0.05) is 11.8 Å². The van der Waals surface area contributed by atoms with Crippen molar-refractivity contribution in [3.63, 3.8) is 0 Å². The molecule has 3 N–H and O–H groups in total. The van der Waals surface area contributed by atoms with E-state index in [1.165, 1.54) is 6.07 Å². The molecule has 0 unspecified atom stereocenters. The molecule has 3 nitrogen and oxygen atoms in total. The Balaban J connectivity index is 2.85. The van der Waals surface area contributed by atoms with Crippen molar-refractivity contribution in [3.05, 3.63) is 23.8 Å². The zero-order valence-corrected chi connectivity index (χ0v) is 8.08. The minimum atomic E-state index is 0.133. The van der Waals surface area contributed by atoms with Crippen LogP contribution in [0.5, 0.6) is 11.5 Å². The number of phenols is 1. The highest BCUT2D eigenvalue weighted by Crippen LogP contribution is 2.22. The average Bonchev–Trinajstić information content (AvgIpc) is 2.20. The van der Waals surface area contributed by atoms with E-state index < -0.39 is 0 Å². The number of nitrogens with two attached hydrogens (primary N) is 1. The molecule has 3 heteroatoms. The topological polar surface area (TPSA) is 55.5 Å². The zero-order chi connectivity index (χ0) is 10.4. The maximum absolute atomic E-state index is 9.51. The van der Waals surface area contributed by atoms with Crippen molar-refractivity contribution in [1.82, 2.24) is 0 Å². The highest BCUT2D eigenvalue weighted by atomic mass is 16.5. The second-order valence-electron chi connectivity index (χ2n) is 2.72. The maximum Gasteiger partial charge on any atom is 0.134 e. The molecule has 0 saturated heterocycles. The average molecular weight is 191 g/mol. The molecule has 0 aliphatic carbocycles. The minimum Gasteiger partial charge on any atom is -0.507 e. The molecule has 14 heavy (non-hydrogen) atoms. The third kappa shape index (κ3) is 2.68. The molecule has 0 spiro atoms. The van der Waals surface area contributed by atoms with Crippen LogP contribution in [0.3, 0.4) is 0 Å². The van der Waals surface area contributed by atoms with E-state index >= 15 is 0 Å². The van der Waals surface area contributed by atoms with E-state index in [4.69, 9.17) is 10.5 Å². The third-order valence-corrected chi connectivity index (χ3v) is 1.70. The summed E-state index contributed by atoms with van der Waals surface area (Å²) in [5, 5.41) is 9.51. The van der Waals surface area contributed by atoms with Gasteiger partial charge in [0, 0.05) is 19.0 Å². The molecular weight excluding hydrogens is 178 g/mol. The number of aromatic hydroxyl groups is 1. The van der Waals surface area contributed by atoms with Crippen LogP contribution in [0.15, 0.2) is 18.2 Å². The number of phenolic OH excluding ortho intramolecular Hbond substituents is 1. The SMILES string of the molecule is COc1ccc(C#CCCN)c(O)c1. The first-order valence-electron chi connectivity index (χ1n) is 4.34. The largest absolute Gasteiger partial charge is 0.507 e. The number of ether oxygens (including phenoxy) is 1. The number of benzene rings is 1. The first-order valence-corrected chi connectivity index (χ1v) is 4.34. The molecule has 1 aromatic rings. The Kier molecular flexibility index (Phi) is 3.84. The van der Waals surface area contributed by atoms with E-state index in [-0.39, 0.29) is 5.75 Å². The first-order chi connectivity index (χ1) is 6.77. The fourth-order valence-corrected chi connectivity index (χ4v) is 0.974. The Morgan fingerprint density at radius 3 is 2.86 bits per heavy atom. The van der Waals surface area contributed by atoms with Gasteiger partial charge in [-0.3, -0.25) is 0 Å². The van der Waals surface area contributed by atoms with Gasteiger partial charge in [0.2, 0.25) is 0 Å². The van der Waals surface area contributed by atoms with Crippen LogP contribution in [0.2, 0.25) is 0 Å². The highest BCUT2D eigenvalue weighted by Gasteiger charge is 1.98. The number of rotatable bonds is 2. The summed E-state index contributed by atoms with van der Waals surface area (Å²) in [6, 6.07) is 5.01. The summed E-state index contributed by atoms with van der Waals surface area (Å²) in [5.41, 5.74) is 5.89. The van der Waals surface area contributed by atoms with Gasteiger partial charge in [-0.2, -0.15) is 0 Å². The highest BCUT2D eigenvalue weighted by molar-refractivity contribution is 5.48. The van der Waals surface area contributed by atoms with Gasteiger partial charge < -0.3 is 15.6 Å². The smallest absolute Gasteiger partial charge is 0.134 e. The van der Waals surface area contributed by atoms with Crippen LogP contribution in [0.1, 0.15) is 12.0 Å². The molecule has 1 aromatic carbocycles. The molecule has 1 rings (SSSR count). The van der Waals surface area contributed by atoms with Crippen LogP contribution in [0, 0.1) is 11.8 Å². The van der Waals surface area contributed by atoms with Gasteiger partial charge in [0.25, 0.3) is 0 Å². The van der Waals surface area contributed by atoms with Gasteiger partial charge >= 0.3 is 0 Å². The Morgan fingerprint density at radius 1 is 1.50 bits per heavy atom.